The molecule has 0 spiro atoms. The van der Waals surface area contributed by atoms with Gasteiger partial charge in [0.2, 0.25) is 5.91 Å². The standard InChI is InChI=1S/C20H27N3O2S.2ClH/c1-15-3-5-17(6-4-15)25-12-19-23-16(13-26-19)11-18(24)22-14-20(2)7-9-21-10-8-20;;/h3-6,13,21H,7-12,14H2,1-2H3,(H,22,24);2*1H. The molecule has 0 radical (unpaired) electrons. The Kier molecular flexibility index (Phi) is 10.2. The molecular weight excluding hydrogens is 417 g/mol. The smallest absolute Gasteiger partial charge is 0.226 e. The normalized spacial score (nSPS) is 15.1. The second kappa shape index (κ2) is 11.6. The van der Waals surface area contributed by atoms with Crippen molar-refractivity contribution in [1.29, 1.82) is 0 Å². The number of piperidine rings is 1. The van der Waals surface area contributed by atoms with Crippen molar-refractivity contribution in [3.63, 3.8) is 0 Å². The number of nitrogens with one attached hydrogen (secondary N) is 2. The van der Waals surface area contributed by atoms with Gasteiger partial charge in [-0.05, 0) is 50.4 Å². The van der Waals surface area contributed by atoms with Crippen molar-refractivity contribution in [2.75, 3.05) is 19.6 Å². The van der Waals surface area contributed by atoms with Gasteiger partial charge in [0.25, 0.3) is 0 Å². The molecular formula is C20H29Cl2N3O2S. The molecule has 2 N–H and O–H groups in total. The maximum absolute atomic E-state index is 12.2. The van der Waals surface area contributed by atoms with Gasteiger partial charge in [-0.25, -0.2) is 4.98 Å². The van der Waals surface area contributed by atoms with Crippen LogP contribution in [0.25, 0.3) is 0 Å². The number of hydrogen-bond acceptors (Lipinski definition) is 5. The van der Waals surface area contributed by atoms with Gasteiger partial charge in [-0.1, -0.05) is 24.6 Å². The minimum Gasteiger partial charge on any atom is -0.486 e. The molecule has 2 aromatic rings. The summed E-state index contributed by atoms with van der Waals surface area (Å²) in [6.45, 7) is 7.53. The predicted molar refractivity (Wildman–Crippen MR) is 119 cm³/mol. The minimum atomic E-state index is 0. The van der Waals surface area contributed by atoms with Crippen molar-refractivity contribution >= 4 is 42.1 Å². The maximum Gasteiger partial charge on any atom is 0.226 e. The molecule has 5 nitrogen and oxygen atoms in total. The Morgan fingerprint density at radius 3 is 2.61 bits per heavy atom. The Labute approximate surface area is 183 Å². The van der Waals surface area contributed by atoms with E-state index in [1.165, 1.54) is 16.9 Å². The van der Waals surface area contributed by atoms with Gasteiger partial charge in [0.1, 0.15) is 17.4 Å². The van der Waals surface area contributed by atoms with E-state index in [0.717, 1.165) is 48.9 Å². The zero-order valence-electron chi connectivity index (χ0n) is 16.3. The highest BCUT2D eigenvalue weighted by atomic mass is 35.5. The molecule has 1 saturated heterocycles. The molecule has 1 aliphatic rings. The van der Waals surface area contributed by atoms with Crippen molar-refractivity contribution in [2.24, 2.45) is 5.41 Å². The first-order chi connectivity index (χ1) is 12.5. The molecule has 0 unspecified atom stereocenters. The summed E-state index contributed by atoms with van der Waals surface area (Å²) in [6.07, 6.45) is 2.53. The van der Waals surface area contributed by atoms with Crippen molar-refractivity contribution in [1.82, 2.24) is 15.6 Å². The molecule has 1 aliphatic heterocycles. The van der Waals surface area contributed by atoms with E-state index in [1.807, 2.05) is 36.6 Å². The lowest BCUT2D eigenvalue weighted by Crippen LogP contribution is -2.43. The van der Waals surface area contributed by atoms with Gasteiger partial charge >= 0.3 is 0 Å². The van der Waals surface area contributed by atoms with Crippen LogP contribution in [0.15, 0.2) is 29.6 Å². The Morgan fingerprint density at radius 2 is 1.93 bits per heavy atom. The number of hydrogen-bond donors (Lipinski definition) is 2. The topological polar surface area (TPSA) is 63.2 Å². The van der Waals surface area contributed by atoms with Gasteiger partial charge in [0, 0.05) is 11.9 Å². The molecule has 0 bridgehead atoms. The second-order valence-electron chi connectivity index (χ2n) is 7.35. The van der Waals surface area contributed by atoms with Gasteiger partial charge in [-0.3, -0.25) is 4.79 Å². The molecule has 1 amide bonds. The molecule has 0 aliphatic carbocycles. The van der Waals surface area contributed by atoms with Crippen LogP contribution in [0.3, 0.4) is 0 Å². The monoisotopic (exact) mass is 445 g/mol. The van der Waals surface area contributed by atoms with E-state index in [-0.39, 0.29) is 36.1 Å². The summed E-state index contributed by atoms with van der Waals surface area (Å²) in [7, 11) is 0. The van der Waals surface area contributed by atoms with E-state index >= 15 is 0 Å². The summed E-state index contributed by atoms with van der Waals surface area (Å²) in [5.41, 5.74) is 2.22. The molecule has 0 saturated carbocycles. The molecule has 1 fully saturated rings. The fraction of sp³-hybridized carbons (Fsp3) is 0.500. The van der Waals surface area contributed by atoms with Crippen molar-refractivity contribution < 1.29 is 9.53 Å². The third-order valence-corrected chi connectivity index (χ3v) is 5.72. The lowest BCUT2D eigenvalue weighted by atomic mass is 9.81. The van der Waals surface area contributed by atoms with Crippen LogP contribution >= 0.6 is 36.2 Å². The summed E-state index contributed by atoms with van der Waals surface area (Å²) >= 11 is 1.53. The van der Waals surface area contributed by atoms with Crippen LogP contribution in [-0.2, 0) is 17.8 Å². The fourth-order valence-corrected chi connectivity index (χ4v) is 3.73. The number of thiazole rings is 1. The van der Waals surface area contributed by atoms with Crippen LogP contribution < -0.4 is 15.4 Å². The van der Waals surface area contributed by atoms with Gasteiger partial charge < -0.3 is 15.4 Å². The van der Waals surface area contributed by atoms with Gasteiger partial charge in [0.15, 0.2) is 0 Å². The van der Waals surface area contributed by atoms with E-state index in [0.29, 0.717) is 13.0 Å². The molecule has 3 rings (SSSR count). The van der Waals surface area contributed by atoms with Gasteiger partial charge in [-0.15, -0.1) is 36.2 Å². The number of aromatic nitrogens is 1. The fourth-order valence-electron chi connectivity index (χ4n) is 3.02. The van der Waals surface area contributed by atoms with E-state index in [1.54, 1.807) is 0 Å². The highest BCUT2D eigenvalue weighted by Gasteiger charge is 2.27. The van der Waals surface area contributed by atoms with E-state index in [2.05, 4.69) is 22.5 Å². The third-order valence-electron chi connectivity index (χ3n) is 4.85. The zero-order valence-corrected chi connectivity index (χ0v) is 18.8. The largest absolute Gasteiger partial charge is 0.486 e. The van der Waals surface area contributed by atoms with E-state index in [9.17, 15) is 4.79 Å². The molecule has 8 heteroatoms. The number of rotatable bonds is 7. The molecule has 2 heterocycles. The molecule has 156 valence electrons. The number of ether oxygens (including phenoxy) is 1. The molecule has 1 aromatic carbocycles. The Morgan fingerprint density at radius 1 is 1.25 bits per heavy atom. The predicted octanol–water partition coefficient (Wildman–Crippen LogP) is 3.92. The summed E-state index contributed by atoms with van der Waals surface area (Å²) in [6, 6.07) is 7.96. The number of carbonyl (C=O) groups excluding carboxylic acids is 1. The first kappa shape index (κ1) is 24.7. The van der Waals surface area contributed by atoms with Crippen molar-refractivity contribution in [2.45, 2.75) is 39.7 Å². The maximum atomic E-state index is 12.2. The van der Waals surface area contributed by atoms with Crippen LogP contribution in [0.5, 0.6) is 5.75 Å². The number of nitrogens with zero attached hydrogens (tertiary/aromatic N) is 1. The van der Waals surface area contributed by atoms with E-state index in [4.69, 9.17) is 4.74 Å². The first-order valence-electron chi connectivity index (χ1n) is 9.13. The van der Waals surface area contributed by atoms with Crippen LogP contribution in [-0.4, -0.2) is 30.5 Å². The lowest BCUT2D eigenvalue weighted by Gasteiger charge is -2.34. The first-order valence-corrected chi connectivity index (χ1v) is 10.0. The van der Waals surface area contributed by atoms with Crippen LogP contribution in [0.2, 0.25) is 0 Å². The summed E-state index contributed by atoms with van der Waals surface area (Å²) in [4.78, 5) is 16.7. The summed E-state index contributed by atoms with van der Waals surface area (Å²) in [5, 5.41) is 9.28. The van der Waals surface area contributed by atoms with Crippen molar-refractivity contribution in [3.05, 3.63) is 45.9 Å². The quantitative estimate of drug-likeness (QED) is 0.677. The van der Waals surface area contributed by atoms with Gasteiger partial charge in [0.05, 0.1) is 12.1 Å². The Bertz CT molecular complexity index is 731. The van der Waals surface area contributed by atoms with E-state index < -0.39 is 0 Å². The number of aryl methyl sites for hydroxylation is 1. The third kappa shape index (κ3) is 7.59. The van der Waals surface area contributed by atoms with Crippen LogP contribution in [0.1, 0.15) is 36.0 Å². The molecule has 0 atom stereocenters. The molecule has 28 heavy (non-hydrogen) atoms. The number of halogens is 2. The minimum absolute atomic E-state index is 0. The highest BCUT2D eigenvalue weighted by molar-refractivity contribution is 7.09. The SMILES string of the molecule is Cc1ccc(OCc2nc(CC(=O)NCC3(C)CCNCC3)cs2)cc1.Cl.Cl. The number of benzene rings is 1. The van der Waals surface area contributed by atoms with Crippen LogP contribution in [0.4, 0.5) is 0 Å². The van der Waals surface area contributed by atoms with Crippen LogP contribution in [0, 0.1) is 12.3 Å². The Balaban J connectivity index is 0.00000196. The number of carbonyl (C=O) groups is 1. The zero-order chi connectivity index (χ0) is 18.4. The van der Waals surface area contributed by atoms with Crippen molar-refractivity contribution in [3.8, 4) is 5.75 Å². The summed E-state index contributed by atoms with van der Waals surface area (Å²) < 4.78 is 5.75. The Hall–Kier alpha value is -1.34. The highest BCUT2D eigenvalue weighted by Crippen LogP contribution is 2.26. The molecule has 1 aromatic heterocycles. The average molecular weight is 446 g/mol. The average Bonchev–Trinajstić information content (AvgIpc) is 3.08. The lowest BCUT2D eigenvalue weighted by molar-refractivity contribution is -0.121. The van der Waals surface area contributed by atoms with Gasteiger partial charge in [-0.2, -0.15) is 0 Å². The number of amides is 1. The summed E-state index contributed by atoms with van der Waals surface area (Å²) in [5.74, 6) is 0.876. The second-order valence-corrected chi connectivity index (χ2v) is 8.29.